The molecule has 0 fully saturated rings. The highest BCUT2D eigenvalue weighted by Gasteiger charge is 2.20. The first kappa shape index (κ1) is 23.7. The quantitative estimate of drug-likeness (QED) is 0.403. The zero-order valence-corrected chi connectivity index (χ0v) is 20.7. The molecule has 1 N–H and O–H groups in total. The normalized spacial score (nSPS) is 13.5. The van der Waals surface area contributed by atoms with Gasteiger partial charge in [-0.3, -0.25) is 4.79 Å². The van der Waals surface area contributed by atoms with E-state index in [1.54, 1.807) is 6.33 Å². The van der Waals surface area contributed by atoms with Crippen LogP contribution in [-0.4, -0.2) is 30.5 Å². The third kappa shape index (κ3) is 4.36. The fourth-order valence-corrected chi connectivity index (χ4v) is 5.14. The Morgan fingerprint density at radius 3 is 1.92 bits per heavy atom. The Bertz CT molecular complexity index is 1470. The molecule has 2 aromatic heterocycles. The smallest absolute Gasteiger partial charge is 0.170 e. The highest BCUT2D eigenvalue weighted by atomic mass is 16.3. The Hall–Kier alpha value is -4.03. The highest BCUT2D eigenvalue weighted by molar-refractivity contribution is 5.74. The minimum Gasteiger partial charge on any atom is -0.390 e. The van der Waals surface area contributed by atoms with Gasteiger partial charge in [0.1, 0.15) is 12.0 Å². The number of hydrogen-bond acceptors (Lipinski definition) is 4. The summed E-state index contributed by atoms with van der Waals surface area (Å²) in [6.07, 6.45) is 16.5. The number of allylic oxidation sites excluding steroid dienone is 2. The predicted molar refractivity (Wildman–Crippen MR) is 143 cm³/mol. The molecule has 0 saturated heterocycles. The van der Waals surface area contributed by atoms with E-state index in [1.165, 1.54) is 27.9 Å². The van der Waals surface area contributed by atoms with Crippen molar-refractivity contribution in [3.05, 3.63) is 106 Å². The molecule has 0 radical (unpaired) electrons. The average Bonchev–Trinajstić information content (AvgIpc) is 3.53. The number of carbonyl (C=O) groups excluding carboxylic acids is 1. The zero-order chi connectivity index (χ0) is 25.1. The summed E-state index contributed by atoms with van der Waals surface area (Å²) >= 11 is 0. The Kier molecular flexibility index (Phi) is 6.78. The first-order valence-electron chi connectivity index (χ1n) is 12.4. The third-order valence-corrected chi connectivity index (χ3v) is 6.82. The Balaban J connectivity index is 0.000000148. The second-order valence-electron chi connectivity index (χ2n) is 9.01. The standard InChI is InChI=1S/C15H16N2O.C15H14N2O/c2*1-2-3-11-4-6-14-12(8-11)5-7-15-13(9-18)16-10-17(14)15/h2-4,6,8,10,18H,5,7,9H2,1H3;2-4,6,8-10H,5,7H2,1H3/b2*3-2+. The van der Waals surface area contributed by atoms with Gasteiger partial charge in [-0.15, -0.1) is 0 Å². The van der Waals surface area contributed by atoms with Gasteiger partial charge in [0, 0.05) is 5.69 Å². The first-order valence-corrected chi connectivity index (χ1v) is 12.4. The number of rotatable bonds is 4. The number of carbonyl (C=O) groups is 1. The Morgan fingerprint density at radius 2 is 1.36 bits per heavy atom. The summed E-state index contributed by atoms with van der Waals surface area (Å²) in [7, 11) is 0. The summed E-state index contributed by atoms with van der Waals surface area (Å²) in [6, 6.07) is 12.9. The number of hydrogen-bond donors (Lipinski definition) is 1. The molecule has 2 aliphatic rings. The van der Waals surface area contributed by atoms with Gasteiger partial charge in [0.25, 0.3) is 0 Å². The molecule has 0 bridgehead atoms. The van der Waals surface area contributed by atoms with Crippen LogP contribution in [0.3, 0.4) is 0 Å². The van der Waals surface area contributed by atoms with Gasteiger partial charge in [-0.1, -0.05) is 36.4 Å². The lowest BCUT2D eigenvalue weighted by Crippen LogP contribution is -2.12. The number of nitrogens with zero attached hydrogens (tertiary/aromatic N) is 4. The van der Waals surface area contributed by atoms with E-state index < -0.39 is 0 Å². The molecule has 0 amide bonds. The number of imidazole rings is 2. The summed E-state index contributed by atoms with van der Waals surface area (Å²) in [6.45, 7) is 4.07. The molecule has 6 rings (SSSR count). The van der Waals surface area contributed by atoms with Crippen molar-refractivity contribution in [2.45, 2.75) is 46.1 Å². The minimum absolute atomic E-state index is 0.0221. The molecule has 4 heterocycles. The van der Waals surface area contributed by atoms with Crippen molar-refractivity contribution in [1.82, 2.24) is 19.1 Å². The molecule has 0 aliphatic carbocycles. The van der Waals surface area contributed by atoms with Crippen LogP contribution in [-0.2, 0) is 32.3 Å². The van der Waals surface area contributed by atoms with Crippen LogP contribution in [0.1, 0.15) is 63.7 Å². The van der Waals surface area contributed by atoms with E-state index in [2.05, 4.69) is 69.2 Å². The average molecular weight is 479 g/mol. The number of aromatic nitrogens is 4. The summed E-state index contributed by atoms with van der Waals surface area (Å²) in [5.41, 5.74) is 11.0. The van der Waals surface area contributed by atoms with Crippen LogP contribution in [0.4, 0.5) is 0 Å². The lowest BCUT2D eigenvalue weighted by Gasteiger charge is -2.20. The minimum atomic E-state index is 0.0221. The predicted octanol–water partition coefficient (Wildman–Crippen LogP) is 5.31. The zero-order valence-electron chi connectivity index (χ0n) is 20.7. The first-order chi connectivity index (χ1) is 17.7. The topological polar surface area (TPSA) is 72.9 Å². The summed E-state index contributed by atoms with van der Waals surface area (Å²) in [5, 5.41) is 9.26. The van der Waals surface area contributed by atoms with Crippen LogP contribution in [0.2, 0.25) is 0 Å². The van der Waals surface area contributed by atoms with Gasteiger partial charge in [-0.25, -0.2) is 9.97 Å². The van der Waals surface area contributed by atoms with Crippen LogP contribution < -0.4 is 0 Å². The molecular weight excluding hydrogens is 448 g/mol. The van der Waals surface area contributed by atoms with Crippen LogP contribution in [0.15, 0.2) is 61.2 Å². The molecule has 6 nitrogen and oxygen atoms in total. The van der Waals surface area contributed by atoms with Gasteiger partial charge < -0.3 is 14.2 Å². The molecule has 6 heteroatoms. The second-order valence-corrected chi connectivity index (χ2v) is 9.01. The van der Waals surface area contributed by atoms with Crippen molar-refractivity contribution in [1.29, 1.82) is 0 Å². The fraction of sp³-hybridized carbons (Fsp3) is 0.233. The van der Waals surface area contributed by atoms with Crippen molar-refractivity contribution in [2.24, 2.45) is 0 Å². The van der Waals surface area contributed by atoms with Gasteiger partial charge in [0.2, 0.25) is 0 Å². The molecule has 0 unspecified atom stereocenters. The van der Waals surface area contributed by atoms with Crippen LogP contribution >= 0.6 is 0 Å². The maximum absolute atomic E-state index is 10.9. The molecule has 0 atom stereocenters. The van der Waals surface area contributed by atoms with Gasteiger partial charge >= 0.3 is 0 Å². The van der Waals surface area contributed by atoms with Crippen LogP contribution in [0.5, 0.6) is 0 Å². The van der Waals surface area contributed by atoms with Gasteiger partial charge in [-0.2, -0.15) is 0 Å². The van der Waals surface area contributed by atoms with Crippen LogP contribution in [0, 0.1) is 0 Å². The summed E-state index contributed by atoms with van der Waals surface area (Å²) < 4.78 is 4.13. The van der Waals surface area contributed by atoms with E-state index in [0.29, 0.717) is 5.69 Å². The Morgan fingerprint density at radius 1 is 0.806 bits per heavy atom. The molecule has 2 aliphatic heterocycles. The Labute approximate surface area is 211 Å². The van der Waals surface area contributed by atoms with Crippen LogP contribution in [0.25, 0.3) is 23.5 Å². The molecule has 0 saturated carbocycles. The maximum Gasteiger partial charge on any atom is 0.170 e. The number of aliphatic hydroxyl groups is 1. The van der Waals surface area contributed by atoms with Crippen molar-refractivity contribution in [3.63, 3.8) is 0 Å². The number of aldehydes is 1. The number of aryl methyl sites for hydroxylation is 2. The van der Waals surface area contributed by atoms with Gasteiger partial charge in [-0.05, 0) is 86.1 Å². The SMILES string of the molecule is C/C=C/c1ccc2c(c1)CCc1c(C=O)ncn1-2.C/C=C/c1ccc2c(c1)CCc1c(CO)ncn1-2. The van der Waals surface area contributed by atoms with E-state index >= 15 is 0 Å². The lowest BCUT2D eigenvalue weighted by atomic mass is 9.98. The number of fused-ring (bicyclic) bond motifs is 6. The lowest BCUT2D eigenvalue weighted by molar-refractivity contribution is 0.111. The van der Waals surface area contributed by atoms with E-state index in [-0.39, 0.29) is 6.61 Å². The summed E-state index contributed by atoms with van der Waals surface area (Å²) in [4.78, 5) is 19.3. The van der Waals surface area contributed by atoms with E-state index in [4.69, 9.17) is 0 Å². The number of benzene rings is 2. The maximum atomic E-state index is 10.9. The summed E-state index contributed by atoms with van der Waals surface area (Å²) in [5.74, 6) is 0. The molecule has 2 aromatic carbocycles. The molecule has 182 valence electrons. The van der Waals surface area contributed by atoms with E-state index in [0.717, 1.165) is 54.7 Å². The third-order valence-electron chi connectivity index (χ3n) is 6.82. The molecular formula is C30H30N4O2. The fourth-order valence-electron chi connectivity index (χ4n) is 5.14. The van der Waals surface area contributed by atoms with E-state index in [1.807, 2.05) is 30.8 Å². The molecule has 4 aromatic rings. The van der Waals surface area contributed by atoms with Crippen molar-refractivity contribution in [2.75, 3.05) is 0 Å². The number of aliphatic hydroxyl groups excluding tert-OH is 1. The van der Waals surface area contributed by atoms with Crippen molar-refractivity contribution in [3.8, 4) is 11.4 Å². The van der Waals surface area contributed by atoms with Crippen molar-refractivity contribution >= 4 is 18.4 Å². The molecule has 0 spiro atoms. The molecule has 36 heavy (non-hydrogen) atoms. The van der Waals surface area contributed by atoms with Crippen molar-refractivity contribution < 1.29 is 9.90 Å². The van der Waals surface area contributed by atoms with Gasteiger partial charge in [0.05, 0.1) is 35.7 Å². The van der Waals surface area contributed by atoms with E-state index in [9.17, 15) is 9.90 Å². The van der Waals surface area contributed by atoms with Gasteiger partial charge in [0.15, 0.2) is 6.29 Å². The largest absolute Gasteiger partial charge is 0.390 e. The monoisotopic (exact) mass is 478 g/mol. The highest BCUT2D eigenvalue weighted by Crippen LogP contribution is 2.28. The second kappa shape index (κ2) is 10.3.